The maximum atomic E-state index is 12.1. The van der Waals surface area contributed by atoms with Crippen molar-refractivity contribution in [1.29, 1.82) is 0 Å². The minimum Gasteiger partial charge on any atom is -0.296 e. The third kappa shape index (κ3) is 3.61. The van der Waals surface area contributed by atoms with Gasteiger partial charge in [-0.15, -0.1) is 11.3 Å². The van der Waals surface area contributed by atoms with Gasteiger partial charge in [0.25, 0.3) is 5.91 Å². The second-order valence-electron chi connectivity index (χ2n) is 3.80. The van der Waals surface area contributed by atoms with Crippen molar-refractivity contribution in [2.24, 2.45) is 0 Å². The van der Waals surface area contributed by atoms with E-state index in [4.69, 9.17) is 0 Å². The molecule has 0 saturated carbocycles. The second-order valence-corrected chi connectivity index (χ2v) is 5.74. The van der Waals surface area contributed by atoms with Crippen LogP contribution in [0.4, 0.5) is 5.13 Å². The van der Waals surface area contributed by atoms with E-state index < -0.39 is 0 Å². The highest BCUT2D eigenvalue weighted by Gasteiger charge is 2.10. The number of pyridine rings is 1. The molecule has 0 unspecified atom stereocenters. The van der Waals surface area contributed by atoms with Crippen molar-refractivity contribution in [3.63, 3.8) is 0 Å². The largest absolute Gasteiger partial charge is 0.296 e. The molecule has 1 amide bonds. The molecule has 0 spiro atoms. The Kier molecular flexibility index (Phi) is 4.17. The van der Waals surface area contributed by atoms with Crippen LogP contribution in [0.1, 0.15) is 10.5 Å². The number of carbonyl (C=O) groups excluding carboxylic acids is 1. The predicted molar refractivity (Wildman–Crippen MR) is 80.5 cm³/mol. The number of carbonyl (C=O) groups is 1. The van der Waals surface area contributed by atoms with E-state index in [-0.39, 0.29) is 5.91 Å². The first-order chi connectivity index (χ1) is 10.3. The maximum Gasteiger partial charge on any atom is 0.276 e. The standard InChI is InChI=1S/C13H9N5OS2/c19-11(18-13-17-6-7-20-13)10-8-9(2-5-14-10)21-12-15-3-1-4-16-12/h1-8H,(H,17,18,19). The summed E-state index contributed by atoms with van der Waals surface area (Å²) in [4.78, 5) is 29.3. The Morgan fingerprint density at radius 3 is 2.71 bits per heavy atom. The molecule has 1 N–H and O–H groups in total. The minimum absolute atomic E-state index is 0.290. The first kappa shape index (κ1) is 13.7. The fraction of sp³-hybridized carbons (Fsp3) is 0. The summed E-state index contributed by atoms with van der Waals surface area (Å²) < 4.78 is 0. The monoisotopic (exact) mass is 315 g/mol. The molecule has 0 aromatic carbocycles. The van der Waals surface area contributed by atoms with Gasteiger partial charge in [-0.25, -0.2) is 15.0 Å². The topological polar surface area (TPSA) is 80.7 Å². The van der Waals surface area contributed by atoms with E-state index in [1.165, 1.54) is 23.1 Å². The van der Waals surface area contributed by atoms with Crippen LogP contribution in [0.25, 0.3) is 0 Å². The minimum atomic E-state index is -0.290. The summed E-state index contributed by atoms with van der Waals surface area (Å²) in [6.45, 7) is 0. The van der Waals surface area contributed by atoms with Gasteiger partial charge in [0.2, 0.25) is 0 Å². The van der Waals surface area contributed by atoms with E-state index >= 15 is 0 Å². The summed E-state index contributed by atoms with van der Waals surface area (Å²) in [6.07, 6.45) is 6.56. The zero-order valence-electron chi connectivity index (χ0n) is 10.6. The Balaban J connectivity index is 1.75. The molecule has 6 nitrogen and oxygen atoms in total. The Bertz CT molecular complexity index is 733. The Labute approximate surface area is 128 Å². The van der Waals surface area contributed by atoms with E-state index in [2.05, 4.69) is 25.3 Å². The maximum absolute atomic E-state index is 12.1. The number of nitrogens with one attached hydrogen (secondary N) is 1. The van der Waals surface area contributed by atoms with Gasteiger partial charge in [-0.05, 0) is 30.0 Å². The molecule has 0 radical (unpaired) electrons. The summed E-state index contributed by atoms with van der Waals surface area (Å²) in [5.41, 5.74) is 0.325. The van der Waals surface area contributed by atoms with Gasteiger partial charge in [0, 0.05) is 35.1 Å². The number of thiazole rings is 1. The number of amides is 1. The van der Waals surface area contributed by atoms with Gasteiger partial charge in [0.15, 0.2) is 10.3 Å². The number of nitrogens with zero attached hydrogens (tertiary/aromatic N) is 4. The van der Waals surface area contributed by atoms with Crippen molar-refractivity contribution in [2.45, 2.75) is 10.1 Å². The van der Waals surface area contributed by atoms with Crippen LogP contribution in [-0.2, 0) is 0 Å². The molecule has 8 heteroatoms. The molecule has 3 heterocycles. The first-order valence-corrected chi connectivity index (χ1v) is 7.62. The van der Waals surface area contributed by atoms with Crippen LogP contribution in [0.3, 0.4) is 0 Å². The number of anilines is 1. The van der Waals surface area contributed by atoms with Gasteiger partial charge in [-0.1, -0.05) is 0 Å². The lowest BCUT2D eigenvalue weighted by molar-refractivity contribution is 0.102. The Morgan fingerprint density at radius 1 is 1.10 bits per heavy atom. The Hall–Kier alpha value is -2.32. The highest BCUT2D eigenvalue weighted by atomic mass is 32.2. The molecule has 3 aromatic heterocycles. The molecular formula is C13H9N5OS2. The SMILES string of the molecule is O=C(Nc1nccs1)c1cc(Sc2ncccn2)ccn1. The fourth-order valence-electron chi connectivity index (χ4n) is 1.49. The first-order valence-electron chi connectivity index (χ1n) is 5.93. The molecule has 3 aromatic rings. The summed E-state index contributed by atoms with van der Waals surface area (Å²) in [6, 6.07) is 5.26. The molecule has 0 atom stereocenters. The van der Waals surface area contributed by atoms with Gasteiger partial charge in [-0.2, -0.15) is 0 Å². The third-order valence-corrected chi connectivity index (χ3v) is 3.94. The van der Waals surface area contributed by atoms with E-state index in [1.807, 2.05) is 0 Å². The molecule has 0 aliphatic rings. The molecule has 0 fully saturated rings. The average molecular weight is 315 g/mol. The van der Waals surface area contributed by atoms with Crippen LogP contribution >= 0.6 is 23.1 Å². The lowest BCUT2D eigenvalue weighted by Crippen LogP contribution is -2.13. The van der Waals surface area contributed by atoms with Crippen LogP contribution in [0, 0.1) is 0 Å². The molecule has 0 saturated heterocycles. The van der Waals surface area contributed by atoms with Crippen LogP contribution in [-0.4, -0.2) is 25.8 Å². The fourth-order valence-corrected chi connectivity index (χ4v) is 2.75. The molecule has 104 valence electrons. The van der Waals surface area contributed by atoms with E-state index in [1.54, 1.807) is 48.4 Å². The summed E-state index contributed by atoms with van der Waals surface area (Å²) in [7, 11) is 0. The van der Waals surface area contributed by atoms with Crippen molar-refractivity contribution >= 4 is 34.1 Å². The zero-order chi connectivity index (χ0) is 14.5. The van der Waals surface area contributed by atoms with Crippen LogP contribution in [0.15, 0.2) is 58.4 Å². The highest BCUT2D eigenvalue weighted by molar-refractivity contribution is 7.99. The van der Waals surface area contributed by atoms with Crippen LogP contribution in [0.2, 0.25) is 0 Å². The van der Waals surface area contributed by atoms with Crippen molar-refractivity contribution in [2.75, 3.05) is 5.32 Å². The number of aromatic nitrogens is 4. The predicted octanol–water partition coefficient (Wildman–Crippen LogP) is 2.73. The van der Waals surface area contributed by atoms with Crippen LogP contribution in [0.5, 0.6) is 0 Å². The van der Waals surface area contributed by atoms with Gasteiger partial charge < -0.3 is 0 Å². The molecule has 21 heavy (non-hydrogen) atoms. The normalized spacial score (nSPS) is 10.3. The molecule has 0 aliphatic heterocycles. The summed E-state index contributed by atoms with van der Waals surface area (Å²) >= 11 is 2.73. The molecular weight excluding hydrogens is 306 g/mol. The molecule has 0 bridgehead atoms. The van der Waals surface area contributed by atoms with E-state index in [0.29, 0.717) is 16.0 Å². The van der Waals surface area contributed by atoms with Crippen molar-refractivity contribution < 1.29 is 4.79 Å². The number of hydrogen-bond donors (Lipinski definition) is 1. The van der Waals surface area contributed by atoms with Crippen molar-refractivity contribution in [3.8, 4) is 0 Å². The number of hydrogen-bond acceptors (Lipinski definition) is 7. The average Bonchev–Trinajstić information content (AvgIpc) is 3.01. The van der Waals surface area contributed by atoms with Gasteiger partial charge in [-0.3, -0.25) is 15.1 Å². The van der Waals surface area contributed by atoms with Gasteiger partial charge >= 0.3 is 0 Å². The summed E-state index contributed by atoms with van der Waals surface area (Å²) in [5, 5.41) is 5.66. The van der Waals surface area contributed by atoms with Crippen molar-refractivity contribution in [1.82, 2.24) is 19.9 Å². The van der Waals surface area contributed by atoms with E-state index in [9.17, 15) is 4.79 Å². The summed E-state index contributed by atoms with van der Waals surface area (Å²) in [5.74, 6) is -0.290. The smallest absolute Gasteiger partial charge is 0.276 e. The molecule has 0 aliphatic carbocycles. The zero-order valence-corrected chi connectivity index (χ0v) is 12.3. The van der Waals surface area contributed by atoms with Crippen LogP contribution < -0.4 is 5.32 Å². The lowest BCUT2D eigenvalue weighted by atomic mass is 10.3. The third-order valence-electron chi connectivity index (χ3n) is 2.37. The number of rotatable bonds is 4. The van der Waals surface area contributed by atoms with Gasteiger partial charge in [0.05, 0.1) is 0 Å². The lowest BCUT2D eigenvalue weighted by Gasteiger charge is -2.03. The Morgan fingerprint density at radius 2 is 1.95 bits per heavy atom. The highest BCUT2D eigenvalue weighted by Crippen LogP contribution is 2.24. The van der Waals surface area contributed by atoms with Gasteiger partial charge in [0.1, 0.15) is 5.69 Å². The second kappa shape index (κ2) is 6.42. The van der Waals surface area contributed by atoms with E-state index in [0.717, 1.165) is 4.90 Å². The molecule has 3 rings (SSSR count). The van der Waals surface area contributed by atoms with Crippen molar-refractivity contribution in [3.05, 3.63) is 54.1 Å². The quantitative estimate of drug-likeness (QED) is 0.746.